The number of carbonyl (C=O) groups is 2. The zero-order valence-electron chi connectivity index (χ0n) is 17.9. The maximum atomic E-state index is 12.9. The molecule has 0 saturated carbocycles. The molecule has 0 aliphatic carbocycles. The highest BCUT2D eigenvalue weighted by Gasteiger charge is 2.33. The molecule has 1 rings (SSSR count). The van der Waals surface area contributed by atoms with Gasteiger partial charge in [0.2, 0.25) is 0 Å². The van der Waals surface area contributed by atoms with Gasteiger partial charge in [0, 0.05) is 12.3 Å². The number of carbonyl (C=O) groups excluding carboxylic acids is 2. The normalized spacial score (nSPS) is 12.9. The Balaban J connectivity index is 2.98. The van der Waals surface area contributed by atoms with Crippen LogP contribution < -0.4 is 10.1 Å². The van der Waals surface area contributed by atoms with Crippen molar-refractivity contribution >= 4 is 17.6 Å². The molecule has 1 atom stereocenters. The molecule has 1 unspecified atom stereocenters. The fraction of sp³-hybridized carbons (Fsp3) is 0.636. The summed E-state index contributed by atoms with van der Waals surface area (Å²) >= 11 is 0. The maximum absolute atomic E-state index is 12.9. The second-order valence-electron chi connectivity index (χ2n) is 6.98. The third-order valence-corrected chi connectivity index (χ3v) is 4.60. The van der Waals surface area contributed by atoms with Gasteiger partial charge >= 0.3 is 5.97 Å². The molecule has 6 heteroatoms. The van der Waals surface area contributed by atoms with Crippen molar-refractivity contribution in [1.82, 2.24) is 0 Å². The van der Waals surface area contributed by atoms with E-state index in [0.29, 0.717) is 36.6 Å². The summed E-state index contributed by atoms with van der Waals surface area (Å²) in [6.45, 7) is 8.85. The van der Waals surface area contributed by atoms with Crippen LogP contribution in [-0.2, 0) is 14.3 Å². The molecular formula is C22H35NO5. The van der Waals surface area contributed by atoms with Crippen LogP contribution in [0.25, 0.3) is 0 Å². The highest BCUT2D eigenvalue weighted by molar-refractivity contribution is 5.99. The predicted molar refractivity (Wildman–Crippen MR) is 111 cm³/mol. The number of methoxy groups -OCH3 is 1. The van der Waals surface area contributed by atoms with E-state index in [2.05, 4.69) is 19.2 Å². The summed E-state index contributed by atoms with van der Waals surface area (Å²) in [6.07, 6.45) is 5.57. The second kappa shape index (κ2) is 12.4. The van der Waals surface area contributed by atoms with Gasteiger partial charge in [0.15, 0.2) is 0 Å². The van der Waals surface area contributed by atoms with Crippen LogP contribution in [0.5, 0.6) is 5.75 Å². The van der Waals surface area contributed by atoms with Crippen molar-refractivity contribution in [2.45, 2.75) is 71.8 Å². The summed E-state index contributed by atoms with van der Waals surface area (Å²) in [5.74, 6) is -0.271. The lowest BCUT2D eigenvalue weighted by Crippen LogP contribution is -2.42. The topological polar surface area (TPSA) is 73.9 Å². The van der Waals surface area contributed by atoms with Crippen LogP contribution in [0.2, 0.25) is 0 Å². The van der Waals surface area contributed by atoms with E-state index in [-0.39, 0.29) is 5.91 Å². The van der Waals surface area contributed by atoms with Gasteiger partial charge < -0.3 is 19.5 Å². The molecule has 158 valence electrons. The van der Waals surface area contributed by atoms with Crippen molar-refractivity contribution in [1.29, 1.82) is 0 Å². The zero-order chi connectivity index (χ0) is 21.0. The Kier molecular flexibility index (Phi) is 10.6. The van der Waals surface area contributed by atoms with Crippen molar-refractivity contribution in [3.63, 3.8) is 0 Å². The van der Waals surface area contributed by atoms with E-state index in [9.17, 15) is 9.59 Å². The summed E-state index contributed by atoms with van der Waals surface area (Å²) in [7, 11) is 1.32. The molecule has 0 spiro atoms. The van der Waals surface area contributed by atoms with E-state index in [1.807, 2.05) is 13.8 Å². The molecule has 0 heterocycles. The van der Waals surface area contributed by atoms with Gasteiger partial charge in [-0.15, -0.1) is 0 Å². The van der Waals surface area contributed by atoms with E-state index in [1.54, 1.807) is 18.2 Å². The number of nitrogens with one attached hydrogen (secondary N) is 1. The lowest BCUT2D eigenvalue weighted by molar-refractivity contribution is -0.139. The quantitative estimate of drug-likeness (QED) is 0.378. The number of benzene rings is 1. The molecule has 1 N–H and O–H groups in total. The smallest absolute Gasteiger partial charge is 0.341 e. The molecule has 0 bridgehead atoms. The summed E-state index contributed by atoms with van der Waals surface area (Å²) in [4.78, 5) is 25.0. The number of anilines is 1. The molecule has 0 aromatic heterocycles. The Hall–Kier alpha value is -2.08. The Morgan fingerprint density at radius 2 is 1.79 bits per heavy atom. The molecule has 28 heavy (non-hydrogen) atoms. The first-order chi connectivity index (χ1) is 13.4. The summed E-state index contributed by atoms with van der Waals surface area (Å²) < 4.78 is 16.3. The standard InChI is InChI=1S/C22H35NO5/c1-6-9-11-14-22(4,28-8-3)21(25)23-17-12-13-19(27-15-10-7-2)18(16-17)20(24)26-5/h12-13,16H,6-11,14-15H2,1-5H3,(H,23,25). The highest BCUT2D eigenvalue weighted by Crippen LogP contribution is 2.27. The summed E-state index contributed by atoms with van der Waals surface area (Å²) in [5.41, 5.74) is -0.110. The van der Waals surface area contributed by atoms with E-state index in [1.165, 1.54) is 7.11 Å². The first-order valence-electron chi connectivity index (χ1n) is 10.2. The summed E-state index contributed by atoms with van der Waals surface area (Å²) in [6, 6.07) is 5.00. The molecule has 0 radical (unpaired) electrons. The van der Waals surface area contributed by atoms with Crippen LogP contribution in [0.15, 0.2) is 18.2 Å². The number of unbranched alkanes of at least 4 members (excludes halogenated alkanes) is 3. The molecular weight excluding hydrogens is 358 g/mol. The first-order valence-corrected chi connectivity index (χ1v) is 10.2. The van der Waals surface area contributed by atoms with Crippen molar-refractivity contribution in [2.24, 2.45) is 0 Å². The lowest BCUT2D eigenvalue weighted by Gasteiger charge is -2.28. The minimum absolute atomic E-state index is 0.221. The van der Waals surface area contributed by atoms with Gasteiger partial charge in [0.05, 0.1) is 13.7 Å². The minimum atomic E-state index is -0.911. The SMILES string of the molecule is CCCCCC(C)(OCC)C(=O)Nc1ccc(OCCCC)c(C(=O)OC)c1. The fourth-order valence-corrected chi connectivity index (χ4v) is 2.87. The number of rotatable bonds is 13. The van der Waals surface area contributed by atoms with Gasteiger partial charge in [-0.1, -0.05) is 39.5 Å². The van der Waals surface area contributed by atoms with Crippen molar-refractivity contribution in [3.05, 3.63) is 23.8 Å². The van der Waals surface area contributed by atoms with Crippen LogP contribution in [0, 0.1) is 0 Å². The molecule has 0 fully saturated rings. The first kappa shape index (κ1) is 24.0. The Morgan fingerprint density at radius 1 is 1.07 bits per heavy atom. The number of esters is 1. The van der Waals surface area contributed by atoms with Gasteiger partial charge in [0.25, 0.3) is 5.91 Å². The van der Waals surface area contributed by atoms with Crippen LogP contribution in [0.1, 0.15) is 76.6 Å². The Labute approximate surface area is 168 Å². The van der Waals surface area contributed by atoms with E-state index >= 15 is 0 Å². The molecule has 6 nitrogen and oxygen atoms in total. The molecule has 0 aliphatic rings. The van der Waals surface area contributed by atoms with Crippen LogP contribution in [0.3, 0.4) is 0 Å². The molecule has 0 aliphatic heterocycles. The van der Waals surface area contributed by atoms with Crippen molar-refractivity contribution in [2.75, 3.05) is 25.6 Å². The molecule has 1 amide bonds. The minimum Gasteiger partial charge on any atom is -0.493 e. The maximum Gasteiger partial charge on any atom is 0.341 e. The van der Waals surface area contributed by atoms with Gasteiger partial charge in [-0.3, -0.25) is 4.79 Å². The molecule has 0 saturated heterocycles. The van der Waals surface area contributed by atoms with E-state index < -0.39 is 11.6 Å². The van der Waals surface area contributed by atoms with Crippen LogP contribution >= 0.6 is 0 Å². The third kappa shape index (κ3) is 7.15. The van der Waals surface area contributed by atoms with Gasteiger partial charge in [-0.05, 0) is 44.9 Å². The zero-order valence-corrected chi connectivity index (χ0v) is 17.9. The largest absolute Gasteiger partial charge is 0.493 e. The van der Waals surface area contributed by atoms with Crippen molar-refractivity contribution < 1.29 is 23.8 Å². The predicted octanol–water partition coefficient (Wildman–Crippen LogP) is 4.97. The Morgan fingerprint density at radius 3 is 2.39 bits per heavy atom. The molecule has 1 aromatic carbocycles. The van der Waals surface area contributed by atoms with Gasteiger partial charge in [0.1, 0.15) is 16.9 Å². The van der Waals surface area contributed by atoms with E-state index in [0.717, 1.165) is 32.1 Å². The number of amides is 1. The lowest BCUT2D eigenvalue weighted by atomic mass is 9.96. The summed E-state index contributed by atoms with van der Waals surface area (Å²) in [5, 5.41) is 2.88. The van der Waals surface area contributed by atoms with Gasteiger partial charge in [-0.25, -0.2) is 4.79 Å². The number of hydrogen-bond acceptors (Lipinski definition) is 5. The van der Waals surface area contributed by atoms with Crippen molar-refractivity contribution in [3.8, 4) is 5.75 Å². The monoisotopic (exact) mass is 393 g/mol. The average Bonchev–Trinajstić information content (AvgIpc) is 2.68. The van der Waals surface area contributed by atoms with Crippen LogP contribution in [0.4, 0.5) is 5.69 Å². The van der Waals surface area contributed by atoms with Gasteiger partial charge in [-0.2, -0.15) is 0 Å². The fourth-order valence-electron chi connectivity index (χ4n) is 2.87. The molecule has 1 aromatic rings. The highest BCUT2D eigenvalue weighted by atomic mass is 16.5. The average molecular weight is 394 g/mol. The van der Waals surface area contributed by atoms with E-state index in [4.69, 9.17) is 14.2 Å². The number of ether oxygens (including phenoxy) is 3. The second-order valence-corrected chi connectivity index (χ2v) is 6.98. The van der Waals surface area contributed by atoms with Crippen LogP contribution in [-0.4, -0.2) is 37.8 Å². The Bertz CT molecular complexity index is 631. The number of hydrogen-bond donors (Lipinski definition) is 1. The third-order valence-electron chi connectivity index (χ3n) is 4.60.